The summed E-state index contributed by atoms with van der Waals surface area (Å²) in [7, 11) is 0. The molecule has 98 valence electrons. The van der Waals surface area contributed by atoms with Gasteiger partial charge in [0.25, 0.3) is 0 Å². The Morgan fingerprint density at radius 2 is 2.00 bits per heavy atom. The Morgan fingerprint density at radius 3 is 2.84 bits per heavy atom. The largest absolute Gasteiger partial charge is 0.396 e. The summed E-state index contributed by atoms with van der Waals surface area (Å²) in [5.74, 6) is -0.293. The number of halogens is 1. The Hall–Kier alpha value is -2.03. The normalized spacial score (nSPS) is 17.6. The fraction of sp³-hybridized carbons (Fsp3) is 0.250. The first kappa shape index (κ1) is 12.0. The maximum absolute atomic E-state index is 14.0. The first-order valence-electron chi connectivity index (χ1n) is 6.54. The Bertz CT molecular complexity index is 609. The van der Waals surface area contributed by atoms with Gasteiger partial charge in [-0.05, 0) is 31.0 Å². The van der Waals surface area contributed by atoms with Crippen LogP contribution in [0, 0.1) is 5.82 Å². The SMILES string of the molecule is CC1Cc2ccccc2N1Cc1cccc(N)c1F. The lowest BCUT2D eigenvalue weighted by Gasteiger charge is -2.25. The van der Waals surface area contributed by atoms with Crippen molar-refractivity contribution in [3.05, 3.63) is 59.4 Å². The molecular weight excluding hydrogens is 239 g/mol. The van der Waals surface area contributed by atoms with Crippen molar-refractivity contribution in [3.63, 3.8) is 0 Å². The average Bonchev–Trinajstić information content (AvgIpc) is 2.72. The van der Waals surface area contributed by atoms with Crippen LogP contribution in [0.15, 0.2) is 42.5 Å². The number of hydrogen-bond acceptors (Lipinski definition) is 2. The maximum Gasteiger partial charge on any atom is 0.151 e. The highest BCUT2D eigenvalue weighted by Gasteiger charge is 2.26. The molecule has 2 aromatic carbocycles. The predicted molar refractivity (Wildman–Crippen MR) is 76.6 cm³/mol. The van der Waals surface area contributed by atoms with Gasteiger partial charge in [0, 0.05) is 23.8 Å². The molecule has 2 aromatic rings. The minimum Gasteiger partial charge on any atom is -0.396 e. The molecule has 0 radical (unpaired) electrons. The van der Waals surface area contributed by atoms with Crippen molar-refractivity contribution in [1.29, 1.82) is 0 Å². The molecule has 19 heavy (non-hydrogen) atoms. The molecule has 1 aliphatic rings. The summed E-state index contributed by atoms with van der Waals surface area (Å²) >= 11 is 0. The number of nitrogen functional groups attached to an aromatic ring is 1. The lowest BCUT2D eigenvalue weighted by atomic mass is 10.1. The molecule has 2 nitrogen and oxygen atoms in total. The van der Waals surface area contributed by atoms with Crippen molar-refractivity contribution in [2.45, 2.75) is 25.9 Å². The van der Waals surface area contributed by atoms with Crippen LogP contribution in [-0.4, -0.2) is 6.04 Å². The first-order chi connectivity index (χ1) is 9.16. The van der Waals surface area contributed by atoms with Crippen molar-refractivity contribution in [2.24, 2.45) is 0 Å². The minimum atomic E-state index is -0.293. The van der Waals surface area contributed by atoms with E-state index in [0.29, 0.717) is 18.2 Å². The molecule has 0 amide bonds. The number of fused-ring (bicyclic) bond motifs is 1. The van der Waals surface area contributed by atoms with Crippen LogP contribution in [0.25, 0.3) is 0 Å². The van der Waals surface area contributed by atoms with Gasteiger partial charge in [-0.1, -0.05) is 30.3 Å². The van der Waals surface area contributed by atoms with Crippen molar-refractivity contribution >= 4 is 11.4 Å². The van der Waals surface area contributed by atoms with Crippen molar-refractivity contribution in [1.82, 2.24) is 0 Å². The molecule has 0 fully saturated rings. The van der Waals surface area contributed by atoms with Gasteiger partial charge in [0.05, 0.1) is 5.69 Å². The zero-order valence-electron chi connectivity index (χ0n) is 10.9. The molecule has 0 saturated carbocycles. The van der Waals surface area contributed by atoms with Gasteiger partial charge < -0.3 is 10.6 Å². The second-order valence-electron chi connectivity index (χ2n) is 5.13. The summed E-state index contributed by atoms with van der Waals surface area (Å²) in [6.07, 6.45) is 1.01. The lowest BCUT2D eigenvalue weighted by Crippen LogP contribution is -2.29. The van der Waals surface area contributed by atoms with Crippen LogP contribution in [0.1, 0.15) is 18.1 Å². The predicted octanol–water partition coefficient (Wildman–Crippen LogP) is 3.36. The van der Waals surface area contributed by atoms with Crippen LogP contribution >= 0.6 is 0 Å². The first-order valence-corrected chi connectivity index (χ1v) is 6.54. The van der Waals surface area contributed by atoms with Gasteiger partial charge in [-0.25, -0.2) is 4.39 Å². The van der Waals surface area contributed by atoms with E-state index < -0.39 is 0 Å². The topological polar surface area (TPSA) is 29.3 Å². The van der Waals surface area contributed by atoms with E-state index in [1.54, 1.807) is 18.2 Å². The summed E-state index contributed by atoms with van der Waals surface area (Å²) in [5.41, 5.74) is 9.04. The van der Waals surface area contributed by atoms with Gasteiger partial charge in [0.2, 0.25) is 0 Å². The fourth-order valence-corrected chi connectivity index (χ4v) is 2.78. The molecule has 0 aliphatic carbocycles. The molecule has 3 rings (SSSR count). The third kappa shape index (κ3) is 2.05. The van der Waals surface area contributed by atoms with Crippen LogP contribution in [0.3, 0.4) is 0 Å². The minimum absolute atomic E-state index is 0.220. The molecule has 0 spiro atoms. The lowest BCUT2D eigenvalue weighted by molar-refractivity contribution is 0.597. The van der Waals surface area contributed by atoms with Crippen LogP contribution in [0.5, 0.6) is 0 Å². The Morgan fingerprint density at radius 1 is 1.21 bits per heavy atom. The zero-order chi connectivity index (χ0) is 13.4. The quantitative estimate of drug-likeness (QED) is 0.835. The van der Waals surface area contributed by atoms with E-state index >= 15 is 0 Å². The Labute approximate surface area is 112 Å². The molecule has 1 heterocycles. The highest BCUT2D eigenvalue weighted by Crippen LogP contribution is 2.33. The molecule has 2 N–H and O–H groups in total. The smallest absolute Gasteiger partial charge is 0.151 e. The number of benzene rings is 2. The van der Waals surface area contributed by atoms with Crippen molar-refractivity contribution < 1.29 is 4.39 Å². The van der Waals surface area contributed by atoms with E-state index in [1.807, 2.05) is 6.07 Å². The van der Waals surface area contributed by atoms with Gasteiger partial charge in [-0.3, -0.25) is 0 Å². The third-order valence-corrected chi connectivity index (χ3v) is 3.80. The highest BCUT2D eigenvalue weighted by atomic mass is 19.1. The van der Waals surface area contributed by atoms with E-state index in [1.165, 1.54) is 11.3 Å². The van der Waals surface area contributed by atoms with Gasteiger partial charge in [-0.2, -0.15) is 0 Å². The summed E-state index contributed by atoms with van der Waals surface area (Å²) in [5, 5.41) is 0. The van der Waals surface area contributed by atoms with Crippen molar-refractivity contribution in [3.8, 4) is 0 Å². The number of nitrogens with two attached hydrogens (primary N) is 1. The fourth-order valence-electron chi connectivity index (χ4n) is 2.78. The monoisotopic (exact) mass is 256 g/mol. The molecule has 0 saturated heterocycles. The van der Waals surface area contributed by atoms with Crippen LogP contribution in [-0.2, 0) is 13.0 Å². The molecular formula is C16H17FN2. The van der Waals surface area contributed by atoms with E-state index in [0.717, 1.165) is 6.42 Å². The third-order valence-electron chi connectivity index (χ3n) is 3.80. The van der Waals surface area contributed by atoms with E-state index in [-0.39, 0.29) is 11.5 Å². The average molecular weight is 256 g/mol. The molecule has 3 heteroatoms. The van der Waals surface area contributed by atoms with Gasteiger partial charge in [0.1, 0.15) is 0 Å². The standard InChI is InChI=1S/C16H17FN2/c1-11-9-12-5-2-3-8-15(12)19(11)10-13-6-4-7-14(18)16(13)17/h2-8,11H,9-10,18H2,1H3. The highest BCUT2D eigenvalue weighted by molar-refractivity contribution is 5.59. The molecule has 1 unspecified atom stereocenters. The number of anilines is 2. The number of para-hydroxylation sites is 1. The van der Waals surface area contributed by atoms with Crippen LogP contribution < -0.4 is 10.6 Å². The van der Waals surface area contributed by atoms with Gasteiger partial charge in [0.15, 0.2) is 5.82 Å². The molecule has 1 atom stereocenters. The van der Waals surface area contributed by atoms with E-state index in [2.05, 4.69) is 30.0 Å². The summed E-state index contributed by atoms with van der Waals surface area (Å²) in [4.78, 5) is 2.24. The van der Waals surface area contributed by atoms with Gasteiger partial charge >= 0.3 is 0 Å². The van der Waals surface area contributed by atoms with Crippen LogP contribution in [0.4, 0.5) is 15.8 Å². The second-order valence-corrected chi connectivity index (χ2v) is 5.13. The summed E-state index contributed by atoms with van der Waals surface area (Å²) in [6.45, 7) is 2.74. The summed E-state index contributed by atoms with van der Waals surface area (Å²) < 4.78 is 14.0. The Balaban J connectivity index is 1.93. The van der Waals surface area contributed by atoms with Gasteiger partial charge in [-0.15, -0.1) is 0 Å². The molecule has 0 bridgehead atoms. The number of hydrogen-bond donors (Lipinski definition) is 1. The summed E-state index contributed by atoms with van der Waals surface area (Å²) in [6, 6.07) is 13.9. The number of rotatable bonds is 2. The zero-order valence-corrected chi connectivity index (χ0v) is 10.9. The number of nitrogens with zero attached hydrogens (tertiary/aromatic N) is 1. The second kappa shape index (κ2) is 4.57. The molecule has 0 aromatic heterocycles. The van der Waals surface area contributed by atoms with E-state index in [9.17, 15) is 4.39 Å². The van der Waals surface area contributed by atoms with Crippen LogP contribution in [0.2, 0.25) is 0 Å². The maximum atomic E-state index is 14.0. The van der Waals surface area contributed by atoms with E-state index in [4.69, 9.17) is 5.73 Å². The Kier molecular flexibility index (Phi) is 2.90. The molecule has 1 aliphatic heterocycles. The van der Waals surface area contributed by atoms with Crippen molar-refractivity contribution in [2.75, 3.05) is 10.6 Å².